The van der Waals surface area contributed by atoms with E-state index in [1.54, 1.807) is 4.90 Å². The van der Waals surface area contributed by atoms with Gasteiger partial charge in [-0.2, -0.15) is 0 Å². The topological polar surface area (TPSA) is 120 Å². The number of hydrogen-bond acceptors (Lipinski definition) is 7. The number of aryl methyl sites for hydroxylation is 1. The van der Waals surface area contributed by atoms with E-state index >= 15 is 0 Å². The van der Waals surface area contributed by atoms with Crippen molar-refractivity contribution in [3.63, 3.8) is 0 Å². The highest BCUT2D eigenvalue weighted by Gasteiger charge is 2.39. The number of carbonyl (C=O) groups is 3. The molecule has 2 aliphatic heterocycles. The van der Waals surface area contributed by atoms with Gasteiger partial charge in [0.2, 0.25) is 11.8 Å². The fraction of sp³-hybridized carbons (Fsp3) is 0.372. The highest BCUT2D eigenvalue weighted by molar-refractivity contribution is 6.05. The molecule has 0 bridgehead atoms. The van der Waals surface area contributed by atoms with E-state index in [-0.39, 0.29) is 36.2 Å². The lowest BCUT2D eigenvalue weighted by molar-refractivity contribution is -0.136. The van der Waals surface area contributed by atoms with E-state index in [4.69, 9.17) is 4.74 Å². The van der Waals surface area contributed by atoms with E-state index in [0.29, 0.717) is 36.1 Å². The van der Waals surface area contributed by atoms with Crippen LogP contribution >= 0.6 is 0 Å². The molecule has 3 atom stereocenters. The molecule has 4 N–H and O–H groups in total. The van der Waals surface area contributed by atoms with Crippen LogP contribution in [0.5, 0.6) is 11.5 Å². The summed E-state index contributed by atoms with van der Waals surface area (Å²) in [5.41, 5.74) is 7.66. The SMILES string of the molecule is O=C1CCC(N2Cc3cc(NCCNCC[C@H]4C[C@@H](Oc5ccc(C6c7ccc(O)cc7CC[C@@H]6c6ccccc6)cc5)C4)ccc3C2=O)C(=O)N1. The van der Waals surface area contributed by atoms with Gasteiger partial charge in [-0.15, -0.1) is 0 Å². The average molecular weight is 699 g/mol. The van der Waals surface area contributed by atoms with Gasteiger partial charge in [-0.1, -0.05) is 48.5 Å². The fourth-order valence-corrected chi connectivity index (χ4v) is 8.64. The summed E-state index contributed by atoms with van der Waals surface area (Å²) in [7, 11) is 0. The highest BCUT2D eigenvalue weighted by Crippen LogP contribution is 2.47. The van der Waals surface area contributed by atoms with Crippen LogP contribution in [0.25, 0.3) is 0 Å². The lowest BCUT2D eigenvalue weighted by Gasteiger charge is -2.36. The summed E-state index contributed by atoms with van der Waals surface area (Å²) in [4.78, 5) is 38.4. The molecule has 9 heteroatoms. The first-order valence-corrected chi connectivity index (χ1v) is 18.7. The smallest absolute Gasteiger partial charge is 0.255 e. The molecule has 2 aliphatic carbocycles. The van der Waals surface area contributed by atoms with Crippen molar-refractivity contribution in [3.8, 4) is 11.5 Å². The summed E-state index contributed by atoms with van der Waals surface area (Å²) in [6.45, 7) is 2.92. The monoisotopic (exact) mass is 698 g/mol. The molecule has 3 amide bonds. The minimum absolute atomic E-state index is 0.152. The van der Waals surface area contributed by atoms with Crippen molar-refractivity contribution < 1.29 is 24.2 Å². The number of phenols is 1. The second-order valence-electron chi connectivity index (χ2n) is 14.8. The van der Waals surface area contributed by atoms with Crippen LogP contribution in [0.1, 0.15) is 88.5 Å². The zero-order valence-corrected chi connectivity index (χ0v) is 29.4. The van der Waals surface area contributed by atoms with E-state index in [1.165, 1.54) is 22.3 Å². The lowest BCUT2D eigenvalue weighted by Crippen LogP contribution is -2.52. The number of carbonyl (C=O) groups excluding carboxylic acids is 3. The fourth-order valence-electron chi connectivity index (χ4n) is 8.64. The number of piperidine rings is 1. The van der Waals surface area contributed by atoms with Crippen molar-refractivity contribution >= 4 is 23.4 Å². The second-order valence-corrected chi connectivity index (χ2v) is 14.8. The van der Waals surface area contributed by atoms with Crippen LogP contribution in [0.3, 0.4) is 0 Å². The van der Waals surface area contributed by atoms with Crippen LogP contribution in [0.15, 0.2) is 91.0 Å². The number of imide groups is 1. The van der Waals surface area contributed by atoms with Gasteiger partial charge in [0, 0.05) is 43.2 Å². The van der Waals surface area contributed by atoms with Gasteiger partial charge in [-0.05, 0) is 127 Å². The number of nitrogens with one attached hydrogen (secondary N) is 3. The Morgan fingerprint density at radius 2 is 1.63 bits per heavy atom. The Morgan fingerprint density at radius 1 is 0.808 bits per heavy atom. The largest absolute Gasteiger partial charge is 0.508 e. The third kappa shape index (κ3) is 7.15. The predicted molar refractivity (Wildman–Crippen MR) is 199 cm³/mol. The Morgan fingerprint density at radius 3 is 2.44 bits per heavy atom. The molecule has 52 heavy (non-hydrogen) atoms. The molecule has 0 spiro atoms. The zero-order chi connectivity index (χ0) is 35.6. The Kier molecular flexibility index (Phi) is 9.69. The quantitative estimate of drug-likeness (QED) is 0.102. The van der Waals surface area contributed by atoms with Crippen LogP contribution in [-0.2, 0) is 22.6 Å². The Labute approximate surface area is 304 Å². The molecule has 4 aromatic carbocycles. The number of nitrogens with zero attached hydrogens (tertiary/aromatic N) is 1. The third-order valence-electron chi connectivity index (χ3n) is 11.4. The van der Waals surface area contributed by atoms with Crippen molar-refractivity contribution in [3.05, 3.63) is 124 Å². The van der Waals surface area contributed by atoms with Crippen LogP contribution in [-0.4, -0.2) is 59.5 Å². The number of benzene rings is 4. The van der Waals surface area contributed by atoms with Crippen molar-refractivity contribution in [1.82, 2.24) is 15.5 Å². The summed E-state index contributed by atoms with van der Waals surface area (Å²) < 4.78 is 6.38. The van der Waals surface area contributed by atoms with Crippen LogP contribution in [0.4, 0.5) is 5.69 Å². The van der Waals surface area contributed by atoms with Crippen LogP contribution < -0.4 is 20.7 Å². The number of aromatic hydroxyl groups is 1. The number of phenolic OH excluding ortho intramolecular Hbond substituents is 1. The molecule has 9 nitrogen and oxygen atoms in total. The summed E-state index contributed by atoms with van der Waals surface area (Å²) in [6.07, 6.45) is 6.14. The van der Waals surface area contributed by atoms with Crippen molar-refractivity contribution in [1.29, 1.82) is 0 Å². The number of rotatable bonds is 12. The number of fused-ring (bicyclic) bond motifs is 2. The second kappa shape index (κ2) is 14.8. The number of amides is 3. The molecule has 0 radical (unpaired) electrons. The molecule has 268 valence electrons. The molecule has 1 saturated carbocycles. The molecular formula is C43H46N4O5. The van der Waals surface area contributed by atoms with E-state index in [1.807, 2.05) is 30.3 Å². The maximum atomic E-state index is 12.9. The van der Waals surface area contributed by atoms with Crippen LogP contribution in [0, 0.1) is 5.92 Å². The summed E-state index contributed by atoms with van der Waals surface area (Å²) in [5.74, 6) is 1.71. The minimum Gasteiger partial charge on any atom is -0.508 e. The van der Waals surface area contributed by atoms with Crippen molar-refractivity contribution in [2.75, 3.05) is 25.0 Å². The maximum Gasteiger partial charge on any atom is 0.255 e. The summed E-state index contributed by atoms with van der Waals surface area (Å²) in [5, 5.41) is 19.5. The van der Waals surface area contributed by atoms with Crippen molar-refractivity contribution in [2.24, 2.45) is 5.92 Å². The first-order valence-electron chi connectivity index (χ1n) is 18.7. The van der Waals surface area contributed by atoms with E-state index < -0.39 is 6.04 Å². The molecule has 1 saturated heterocycles. The molecule has 4 aromatic rings. The number of anilines is 1. The van der Waals surface area contributed by atoms with Crippen LogP contribution in [0.2, 0.25) is 0 Å². The third-order valence-corrected chi connectivity index (χ3v) is 11.4. The molecule has 0 aromatic heterocycles. The Hall–Kier alpha value is -5.15. The maximum absolute atomic E-state index is 12.9. The van der Waals surface area contributed by atoms with Crippen molar-refractivity contribution in [2.45, 2.75) is 75.5 Å². The van der Waals surface area contributed by atoms with Gasteiger partial charge in [-0.25, -0.2) is 0 Å². The van der Waals surface area contributed by atoms with E-state index in [9.17, 15) is 19.5 Å². The Bertz CT molecular complexity index is 1940. The van der Waals surface area contributed by atoms with Gasteiger partial charge in [0.1, 0.15) is 17.5 Å². The van der Waals surface area contributed by atoms with Gasteiger partial charge in [-0.3, -0.25) is 19.7 Å². The average Bonchev–Trinajstić information content (AvgIpc) is 3.46. The molecule has 2 unspecified atom stereocenters. The van der Waals surface area contributed by atoms with E-state index in [0.717, 1.165) is 68.7 Å². The highest BCUT2D eigenvalue weighted by atomic mass is 16.5. The first kappa shape index (κ1) is 34.0. The predicted octanol–water partition coefficient (Wildman–Crippen LogP) is 6.26. The van der Waals surface area contributed by atoms with Gasteiger partial charge < -0.3 is 25.4 Å². The van der Waals surface area contributed by atoms with Gasteiger partial charge >= 0.3 is 0 Å². The molecule has 8 rings (SSSR count). The standard InChI is InChI=1S/C43H46N4O5/c48-33-10-15-37-30(25-33)8-13-36(28-4-2-1-3-5-28)41(37)29-6-11-34(12-7-29)52-35-22-27(23-35)18-19-44-20-21-45-32-9-14-38-31(24-32)26-47(43(38)51)39-16-17-40(49)46-42(39)50/h1-7,9-12,14-15,24-25,27,35-36,39,41,44-45,48H,8,13,16-23,26H2,(H,46,49,50)/t27-,35+,36-,39?,41?/m1/s1. The molecular weight excluding hydrogens is 652 g/mol. The molecule has 2 heterocycles. The minimum atomic E-state index is -0.598. The summed E-state index contributed by atoms with van der Waals surface area (Å²) >= 11 is 0. The Balaban J connectivity index is 0.762. The zero-order valence-electron chi connectivity index (χ0n) is 29.4. The van der Waals surface area contributed by atoms with Gasteiger partial charge in [0.15, 0.2) is 0 Å². The lowest BCUT2D eigenvalue weighted by atomic mass is 9.69. The summed E-state index contributed by atoms with van der Waals surface area (Å²) in [6, 6.07) is 30.5. The van der Waals surface area contributed by atoms with E-state index in [2.05, 4.69) is 76.6 Å². The number of hydrogen-bond donors (Lipinski definition) is 4. The molecule has 4 aliphatic rings. The van der Waals surface area contributed by atoms with Gasteiger partial charge in [0.25, 0.3) is 5.91 Å². The number of ether oxygens (including phenoxy) is 1. The van der Waals surface area contributed by atoms with Gasteiger partial charge in [0.05, 0.1) is 6.10 Å². The molecule has 2 fully saturated rings. The normalized spacial score (nSPS) is 23.7. The first-order chi connectivity index (χ1) is 25.4.